The molecule has 2 aromatic rings. The predicted octanol–water partition coefficient (Wildman–Crippen LogP) is 9.67. The van der Waals surface area contributed by atoms with Gasteiger partial charge in [0.1, 0.15) is 0 Å². The Morgan fingerprint density at radius 3 is 1.40 bits per heavy atom. The highest BCUT2D eigenvalue weighted by Crippen LogP contribution is 2.38. The third-order valence-electron chi connectivity index (χ3n) is 7.56. The van der Waals surface area contributed by atoms with Crippen molar-refractivity contribution >= 4 is 10.8 Å². The van der Waals surface area contributed by atoms with Gasteiger partial charge < -0.3 is 0 Å². The van der Waals surface area contributed by atoms with Crippen molar-refractivity contribution in [2.45, 2.75) is 117 Å². The van der Waals surface area contributed by atoms with Crippen LogP contribution in [0, 0.1) is 11.8 Å². The van der Waals surface area contributed by atoms with Gasteiger partial charge in [0.25, 0.3) is 0 Å². The third kappa shape index (κ3) is 7.14. The van der Waals surface area contributed by atoms with Crippen molar-refractivity contribution in [2.75, 3.05) is 0 Å². The van der Waals surface area contributed by atoms with E-state index < -0.39 is 0 Å². The molecule has 0 spiro atoms. The van der Waals surface area contributed by atoms with Gasteiger partial charge in [0, 0.05) is 0 Å². The molecule has 3 rings (SSSR count). The summed E-state index contributed by atoms with van der Waals surface area (Å²) in [7, 11) is 0. The minimum Gasteiger partial charge on any atom is -0.0654 e. The maximum Gasteiger partial charge on any atom is -0.0181 e. The standard InChI is InChI=1S/C30H46/c1-3-5-7-9-11-13-17-25-21-29-23-27-19-15-16-20-28(27)24-30(29)22-26(25)18-14-12-10-8-6-4-2/h15-16,19-20,23-26H,3-14,17-18,21-22H2,1-2H3. The van der Waals surface area contributed by atoms with Gasteiger partial charge in [-0.25, -0.2) is 0 Å². The Hall–Kier alpha value is -1.30. The molecular formula is C30H46. The first kappa shape index (κ1) is 23.4. The summed E-state index contributed by atoms with van der Waals surface area (Å²) in [5, 5.41) is 2.87. The molecule has 1 aliphatic carbocycles. The average Bonchev–Trinajstić information content (AvgIpc) is 2.77. The van der Waals surface area contributed by atoms with Crippen LogP contribution in [-0.4, -0.2) is 0 Å². The fraction of sp³-hybridized carbons (Fsp3) is 0.667. The molecule has 0 heterocycles. The molecular weight excluding hydrogens is 360 g/mol. The summed E-state index contributed by atoms with van der Waals surface area (Å²) in [5.74, 6) is 1.83. The van der Waals surface area contributed by atoms with Gasteiger partial charge in [0.2, 0.25) is 0 Å². The SMILES string of the molecule is CCCCCCCCC1Cc2cc3ccccc3cc2CC1CCCCCCCC. The monoisotopic (exact) mass is 406 g/mol. The predicted molar refractivity (Wildman–Crippen MR) is 134 cm³/mol. The summed E-state index contributed by atoms with van der Waals surface area (Å²) in [5.41, 5.74) is 3.31. The quantitative estimate of drug-likeness (QED) is 0.274. The topological polar surface area (TPSA) is 0 Å². The lowest BCUT2D eigenvalue weighted by Crippen LogP contribution is -2.25. The normalized spacial score (nSPS) is 18.6. The molecule has 0 fully saturated rings. The van der Waals surface area contributed by atoms with Crippen LogP contribution in [0.4, 0.5) is 0 Å². The number of hydrogen-bond acceptors (Lipinski definition) is 0. The summed E-state index contributed by atoms with van der Waals surface area (Å²) >= 11 is 0. The van der Waals surface area contributed by atoms with Crippen LogP contribution >= 0.6 is 0 Å². The Balaban J connectivity index is 1.59. The van der Waals surface area contributed by atoms with E-state index in [0.717, 1.165) is 11.8 Å². The molecule has 0 bridgehead atoms. The highest BCUT2D eigenvalue weighted by Gasteiger charge is 2.28. The zero-order chi connectivity index (χ0) is 21.0. The first-order valence-electron chi connectivity index (χ1n) is 13.3. The minimum absolute atomic E-state index is 0.917. The number of unbranched alkanes of at least 4 members (excludes halogenated alkanes) is 10. The molecule has 0 N–H and O–H groups in total. The van der Waals surface area contributed by atoms with Gasteiger partial charge >= 0.3 is 0 Å². The van der Waals surface area contributed by atoms with E-state index in [2.05, 4.69) is 50.2 Å². The van der Waals surface area contributed by atoms with Crippen LogP contribution in [0.25, 0.3) is 10.8 Å². The molecule has 0 aromatic heterocycles. The largest absolute Gasteiger partial charge is 0.0654 e. The van der Waals surface area contributed by atoms with E-state index in [9.17, 15) is 0 Å². The highest BCUT2D eigenvalue weighted by atomic mass is 14.3. The second-order valence-corrected chi connectivity index (χ2v) is 10.0. The van der Waals surface area contributed by atoms with Gasteiger partial charge in [-0.05, 0) is 59.4 Å². The van der Waals surface area contributed by atoms with Gasteiger partial charge in [0.05, 0.1) is 0 Å². The van der Waals surface area contributed by atoms with Crippen LogP contribution in [0.2, 0.25) is 0 Å². The summed E-state index contributed by atoms with van der Waals surface area (Å²) in [6.45, 7) is 4.63. The summed E-state index contributed by atoms with van der Waals surface area (Å²) < 4.78 is 0. The molecule has 30 heavy (non-hydrogen) atoms. The third-order valence-corrected chi connectivity index (χ3v) is 7.56. The maximum absolute atomic E-state index is 2.51. The summed E-state index contributed by atoms with van der Waals surface area (Å²) in [6, 6.07) is 14.0. The Labute approximate surface area is 186 Å². The molecule has 0 heteroatoms. The second kappa shape index (κ2) is 13.2. The van der Waals surface area contributed by atoms with Crippen molar-refractivity contribution in [2.24, 2.45) is 11.8 Å². The fourth-order valence-corrected chi connectivity index (χ4v) is 5.66. The van der Waals surface area contributed by atoms with Crippen LogP contribution in [0.5, 0.6) is 0 Å². The van der Waals surface area contributed by atoms with E-state index in [4.69, 9.17) is 0 Å². The van der Waals surface area contributed by atoms with Crippen molar-refractivity contribution < 1.29 is 0 Å². The van der Waals surface area contributed by atoms with E-state index in [1.807, 2.05) is 0 Å². The summed E-state index contributed by atoms with van der Waals surface area (Å²) in [6.07, 6.45) is 22.7. The molecule has 0 aliphatic heterocycles. The van der Waals surface area contributed by atoms with E-state index >= 15 is 0 Å². The Morgan fingerprint density at radius 1 is 0.567 bits per heavy atom. The van der Waals surface area contributed by atoms with Gasteiger partial charge in [-0.15, -0.1) is 0 Å². The molecule has 166 valence electrons. The van der Waals surface area contributed by atoms with E-state index in [1.54, 1.807) is 11.1 Å². The number of hydrogen-bond donors (Lipinski definition) is 0. The lowest BCUT2D eigenvalue weighted by molar-refractivity contribution is 0.259. The average molecular weight is 407 g/mol. The van der Waals surface area contributed by atoms with Crippen molar-refractivity contribution in [3.05, 3.63) is 47.5 Å². The van der Waals surface area contributed by atoms with Crippen LogP contribution in [0.15, 0.2) is 36.4 Å². The van der Waals surface area contributed by atoms with Crippen molar-refractivity contribution in [1.29, 1.82) is 0 Å². The number of benzene rings is 2. The molecule has 0 radical (unpaired) electrons. The Bertz CT molecular complexity index is 665. The molecule has 0 nitrogen and oxygen atoms in total. The van der Waals surface area contributed by atoms with Crippen molar-refractivity contribution in [3.63, 3.8) is 0 Å². The van der Waals surface area contributed by atoms with Gasteiger partial charge in [-0.3, -0.25) is 0 Å². The van der Waals surface area contributed by atoms with Crippen LogP contribution in [0.1, 0.15) is 115 Å². The van der Waals surface area contributed by atoms with E-state index in [1.165, 1.54) is 114 Å². The van der Waals surface area contributed by atoms with Gasteiger partial charge in [-0.1, -0.05) is 127 Å². The van der Waals surface area contributed by atoms with E-state index in [0.29, 0.717) is 0 Å². The second-order valence-electron chi connectivity index (χ2n) is 10.0. The lowest BCUT2D eigenvalue weighted by atomic mass is 9.71. The molecule has 1 aliphatic rings. The number of fused-ring (bicyclic) bond motifs is 2. The first-order valence-corrected chi connectivity index (χ1v) is 13.3. The minimum atomic E-state index is 0.917. The molecule has 2 atom stereocenters. The Kier molecular flexibility index (Phi) is 10.3. The Morgan fingerprint density at radius 2 is 0.967 bits per heavy atom. The summed E-state index contributed by atoms with van der Waals surface area (Å²) in [4.78, 5) is 0. The zero-order valence-corrected chi connectivity index (χ0v) is 19.9. The van der Waals surface area contributed by atoms with E-state index in [-0.39, 0.29) is 0 Å². The van der Waals surface area contributed by atoms with Crippen LogP contribution in [-0.2, 0) is 12.8 Å². The fourth-order valence-electron chi connectivity index (χ4n) is 5.66. The first-order chi connectivity index (χ1) is 14.8. The smallest absolute Gasteiger partial charge is 0.0181 e. The number of rotatable bonds is 14. The van der Waals surface area contributed by atoms with Crippen molar-refractivity contribution in [3.8, 4) is 0 Å². The van der Waals surface area contributed by atoms with Gasteiger partial charge in [-0.2, -0.15) is 0 Å². The zero-order valence-electron chi connectivity index (χ0n) is 19.9. The van der Waals surface area contributed by atoms with Crippen LogP contribution < -0.4 is 0 Å². The van der Waals surface area contributed by atoms with Gasteiger partial charge in [0.15, 0.2) is 0 Å². The molecule has 2 aromatic carbocycles. The molecule has 0 saturated carbocycles. The highest BCUT2D eigenvalue weighted by molar-refractivity contribution is 5.84. The van der Waals surface area contributed by atoms with Crippen LogP contribution in [0.3, 0.4) is 0 Å². The molecule has 0 amide bonds. The lowest BCUT2D eigenvalue weighted by Gasteiger charge is -2.34. The molecule has 2 unspecified atom stereocenters. The van der Waals surface area contributed by atoms with Crippen molar-refractivity contribution in [1.82, 2.24) is 0 Å². The molecule has 0 saturated heterocycles. The maximum atomic E-state index is 2.51.